The summed E-state index contributed by atoms with van der Waals surface area (Å²) in [6.07, 6.45) is -0.541. The van der Waals surface area contributed by atoms with Crippen molar-refractivity contribution in [2.45, 2.75) is 53.7 Å². The Balaban J connectivity index is 2.01. The number of benzene rings is 2. The lowest BCUT2D eigenvalue weighted by molar-refractivity contribution is -0.127. The quantitative estimate of drug-likeness (QED) is 0.875. The molecule has 1 amide bonds. The summed E-state index contributed by atoms with van der Waals surface area (Å²) >= 11 is 0. The lowest BCUT2D eigenvalue weighted by Crippen LogP contribution is -2.38. The molecule has 1 N–H and O–H groups in total. The number of hydrogen-bond acceptors (Lipinski definition) is 2. The number of amides is 1. The number of carbonyl (C=O) groups excluding carboxylic acids is 1. The zero-order valence-corrected chi connectivity index (χ0v) is 15.4. The molecule has 0 fully saturated rings. The fourth-order valence-corrected chi connectivity index (χ4v) is 2.76. The van der Waals surface area contributed by atoms with Crippen molar-refractivity contribution >= 4 is 5.91 Å². The van der Waals surface area contributed by atoms with E-state index in [-0.39, 0.29) is 11.9 Å². The molecule has 0 aliphatic heterocycles. The van der Waals surface area contributed by atoms with Crippen LogP contribution in [-0.4, -0.2) is 12.0 Å². The molecule has 24 heavy (non-hydrogen) atoms. The van der Waals surface area contributed by atoms with Crippen molar-refractivity contribution in [2.24, 2.45) is 0 Å². The summed E-state index contributed by atoms with van der Waals surface area (Å²) in [5.74, 6) is 0.612. The third kappa shape index (κ3) is 4.38. The molecule has 0 aliphatic carbocycles. The molecule has 0 saturated carbocycles. The fourth-order valence-electron chi connectivity index (χ4n) is 2.76. The molecule has 0 spiro atoms. The zero-order valence-electron chi connectivity index (χ0n) is 15.4. The smallest absolute Gasteiger partial charge is 0.261 e. The van der Waals surface area contributed by atoms with Crippen LogP contribution in [0.3, 0.4) is 0 Å². The monoisotopic (exact) mass is 325 g/mol. The van der Waals surface area contributed by atoms with Gasteiger partial charge in [-0.1, -0.05) is 29.8 Å². The number of rotatable bonds is 5. The molecule has 2 atom stereocenters. The molecule has 128 valence electrons. The molecule has 0 aliphatic rings. The highest BCUT2D eigenvalue weighted by Gasteiger charge is 2.18. The van der Waals surface area contributed by atoms with E-state index < -0.39 is 6.10 Å². The van der Waals surface area contributed by atoms with Crippen molar-refractivity contribution in [3.8, 4) is 5.75 Å². The summed E-state index contributed by atoms with van der Waals surface area (Å²) in [5.41, 5.74) is 5.91. The highest BCUT2D eigenvalue weighted by atomic mass is 16.5. The van der Waals surface area contributed by atoms with Gasteiger partial charge in [0.1, 0.15) is 5.75 Å². The van der Waals surface area contributed by atoms with E-state index in [4.69, 9.17) is 4.74 Å². The van der Waals surface area contributed by atoms with E-state index in [9.17, 15) is 4.79 Å². The third-order valence-corrected chi connectivity index (χ3v) is 4.41. The third-order valence-electron chi connectivity index (χ3n) is 4.41. The van der Waals surface area contributed by atoms with Crippen molar-refractivity contribution in [2.75, 3.05) is 0 Å². The maximum absolute atomic E-state index is 12.4. The van der Waals surface area contributed by atoms with Crippen LogP contribution < -0.4 is 10.1 Å². The summed E-state index contributed by atoms with van der Waals surface area (Å²) in [5, 5.41) is 3.04. The largest absolute Gasteiger partial charge is 0.481 e. The van der Waals surface area contributed by atoms with Crippen molar-refractivity contribution in [1.82, 2.24) is 5.32 Å². The normalized spacial score (nSPS) is 13.2. The van der Waals surface area contributed by atoms with Gasteiger partial charge in [0.05, 0.1) is 6.04 Å². The van der Waals surface area contributed by atoms with Crippen LogP contribution in [0.4, 0.5) is 0 Å². The van der Waals surface area contributed by atoms with Gasteiger partial charge in [-0.25, -0.2) is 0 Å². The van der Waals surface area contributed by atoms with E-state index >= 15 is 0 Å². The first-order valence-corrected chi connectivity index (χ1v) is 8.39. The molecule has 0 heterocycles. The Bertz CT molecular complexity index is 737. The Labute approximate surface area is 145 Å². The van der Waals surface area contributed by atoms with Gasteiger partial charge < -0.3 is 10.1 Å². The Morgan fingerprint density at radius 2 is 1.62 bits per heavy atom. The Morgan fingerprint density at radius 3 is 2.25 bits per heavy atom. The highest BCUT2D eigenvalue weighted by molar-refractivity contribution is 5.81. The lowest BCUT2D eigenvalue weighted by atomic mass is 10.00. The second kappa shape index (κ2) is 7.52. The Hall–Kier alpha value is -2.29. The minimum absolute atomic E-state index is 0.0519. The van der Waals surface area contributed by atoms with E-state index in [1.54, 1.807) is 6.92 Å². The van der Waals surface area contributed by atoms with Gasteiger partial charge in [-0.3, -0.25) is 4.79 Å². The summed E-state index contributed by atoms with van der Waals surface area (Å²) < 4.78 is 5.79. The Morgan fingerprint density at radius 1 is 0.917 bits per heavy atom. The summed E-state index contributed by atoms with van der Waals surface area (Å²) in [6.45, 7) is 12.0. The predicted octanol–water partition coefficient (Wildman–Crippen LogP) is 4.56. The minimum Gasteiger partial charge on any atom is -0.481 e. The van der Waals surface area contributed by atoms with Gasteiger partial charge in [0.2, 0.25) is 0 Å². The van der Waals surface area contributed by atoms with E-state index in [2.05, 4.69) is 44.3 Å². The van der Waals surface area contributed by atoms with Gasteiger partial charge >= 0.3 is 0 Å². The maximum Gasteiger partial charge on any atom is 0.261 e. The average molecular weight is 325 g/mol. The molecule has 0 unspecified atom stereocenters. The standard InChI is InChI=1S/C21H27NO2/c1-13-7-10-20(16(4)11-13)17(5)22-21(23)18(6)24-19-9-8-14(2)15(3)12-19/h7-12,17-18H,1-6H3,(H,22,23)/t17-,18+/m0/s1. The molecule has 2 rings (SSSR count). The topological polar surface area (TPSA) is 38.3 Å². The molecule has 0 radical (unpaired) electrons. The van der Waals surface area contributed by atoms with Gasteiger partial charge in [0.15, 0.2) is 6.10 Å². The number of hydrogen-bond donors (Lipinski definition) is 1. The molecule has 0 bridgehead atoms. The lowest BCUT2D eigenvalue weighted by Gasteiger charge is -2.21. The van der Waals surface area contributed by atoms with Gasteiger partial charge in [-0.2, -0.15) is 0 Å². The summed E-state index contributed by atoms with van der Waals surface area (Å²) in [7, 11) is 0. The van der Waals surface area contributed by atoms with Crippen LogP contribution >= 0.6 is 0 Å². The number of aryl methyl sites for hydroxylation is 4. The highest BCUT2D eigenvalue weighted by Crippen LogP contribution is 2.20. The van der Waals surface area contributed by atoms with E-state index in [1.807, 2.05) is 32.0 Å². The predicted molar refractivity (Wildman–Crippen MR) is 98.5 cm³/mol. The second-order valence-corrected chi connectivity index (χ2v) is 6.60. The van der Waals surface area contributed by atoms with Crippen LogP contribution in [0.5, 0.6) is 5.75 Å². The van der Waals surface area contributed by atoms with E-state index in [1.165, 1.54) is 16.7 Å². The number of nitrogens with one attached hydrogen (secondary N) is 1. The van der Waals surface area contributed by atoms with Gasteiger partial charge in [-0.05, 0) is 75.9 Å². The molecular weight excluding hydrogens is 298 g/mol. The van der Waals surface area contributed by atoms with Crippen molar-refractivity contribution in [1.29, 1.82) is 0 Å². The SMILES string of the molecule is Cc1ccc([C@H](C)NC(=O)[C@@H](C)Oc2ccc(C)c(C)c2)c(C)c1. The van der Waals surface area contributed by atoms with Crippen LogP contribution in [-0.2, 0) is 4.79 Å². The molecule has 2 aromatic rings. The molecular formula is C21H27NO2. The van der Waals surface area contributed by atoms with Crippen molar-refractivity contribution in [3.63, 3.8) is 0 Å². The first-order valence-electron chi connectivity index (χ1n) is 8.39. The summed E-state index contributed by atoms with van der Waals surface area (Å²) in [6, 6.07) is 12.1. The van der Waals surface area contributed by atoms with Crippen LogP contribution in [0.25, 0.3) is 0 Å². The van der Waals surface area contributed by atoms with Gasteiger partial charge in [0.25, 0.3) is 5.91 Å². The zero-order chi connectivity index (χ0) is 17.9. The summed E-state index contributed by atoms with van der Waals surface area (Å²) in [4.78, 5) is 12.4. The molecule has 3 nitrogen and oxygen atoms in total. The average Bonchev–Trinajstić information content (AvgIpc) is 2.50. The van der Waals surface area contributed by atoms with Crippen molar-refractivity contribution in [3.05, 3.63) is 64.2 Å². The first kappa shape index (κ1) is 18.1. The molecule has 3 heteroatoms. The van der Waals surface area contributed by atoms with Crippen LogP contribution in [0.2, 0.25) is 0 Å². The Kier molecular flexibility index (Phi) is 5.66. The number of carbonyl (C=O) groups is 1. The van der Waals surface area contributed by atoms with Gasteiger partial charge in [0, 0.05) is 0 Å². The van der Waals surface area contributed by atoms with E-state index in [0.29, 0.717) is 0 Å². The van der Waals surface area contributed by atoms with E-state index in [0.717, 1.165) is 16.9 Å². The number of ether oxygens (including phenoxy) is 1. The minimum atomic E-state index is -0.541. The first-order chi connectivity index (χ1) is 11.3. The van der Waals surface area contributed by atoms with Crippen LogP contribution in [0, 0.1) is 27.7 Å². The fraction of sp³-hybridized carbons (Fsp3) is 0.381. The second-order valence-electron chi connectivity index (χ2n) is 6.60. The maximum atomic E-state index is 12.4. The van der Waals surface area contributed by atoms with Crippen LogP contribution in [0.1, 0.15) is 47.7 Å². The molecule has 0 aromatic heterocycles. The molecule has 2 aromatic carbocycles. The van der Waals surface area contributed by atoms with Crippen molar-refractivity contribution < 1.29 is 9.53 Å². The van der Waals surface area contributed by atoms with Gasteiger partial charge in [-0.15, -0.1) is 0 Å². The molecule has 0 saturated heterocycles. The van der Waals surface area contributed by atoms with Crippen LogP contribution in [0.15, 0.2) is 36.4 Å².